The standard InChI is InChI=1S/C23H26N2O4/c1-3-4-14-23(2)21(27)25(22(28)24-23)15-20(26)29-16-17-10-12-19(13-11-17)18-8-6-5-7-9-18/h5-13H,3-4,14-16H2,1-2H3,(H,24,28)/t23-/m0/s1. The van der Waals surface area contributed by atoms with Crippen LogP contribution in [-0.2, 0) is 20.9 Å². The molecule has 0 unspecified atom stereocenters. The van der Waals surface area contributed by atoms with Crippen molar-refractivity contribution >= 4 is 17.9 Å². The third kappa shape index (κ3) is 4.83. The first kappa shape index (κ1) is 20.6. The number of carbonyl (C=O) groups is 3. The first-order chi connectivity index (χ1) is 13.9. The van der Waals surface area contributed by atoms with Crippen LogP contribution in [0.15, 0.2) is 54.6 Å². The summed E-state index contributed by atoms with van der Waals surface area (Å²) in [5.74, 6) is -0.986. The number of unbranched alkanes of at least 4 members (excludes halogenated alkanes) is 1. The van der Waals surface area contributed by atoms with Crippen molar-refractivity contribution in [1.82, 2.24) is 10.2 Å². The van der Waals surface area contributed by atoms with E-state index in [0.29, 0.717) is 6.42 Å². The number of imide groups is 1. The summed E-state index contributed by atoms with van der Waals surface area (Å²) in [4.78, 5) is 37.8. The molecular formula is C23H26N2O4. The van der Waals surface area contributed by atoms with E-state index < -0.39 is 17.5 Å². The lowest BCUT2D eigenvalue weighted by Crippen LogP contribution is -2.44. The van der Waals surface area contributed by atoms with Crippen LogP contribution in [0.2, 0.25) is 0 Å². The van der Waals surface area contributed by atoms with Gasteiger partial charge in [0, 0.05) is 0 Å². The highest BCUT2D eigenvalue weighted by molar-refractivity contribution is 6.08. The molecule has 1 saturated heterocycles. The number of rotatable bonds is 8. The summed E-state index contributed by atoms with van der Waals surface area (Å²) in [5, 5.41) is 2.70. The predicted octanol–water partition coefficient (Wildman–Crippen LogP) is 3.90. The molecule has 6 heteroatoms. The molecule has 1 aliphatic rings. The van der Waals surface area contributed by atoms with Gasteiger partial charge >= 0.3 is 12.0 Å². The molecular weight excluding hydrogens is 368 g/mol. The fraction of sp³-hybridized carbons (Fsp3) is 0.348. The van der Waals surface area contributed by atoms with Crippen molar-refractivity contribution in [3.8, 4) is 11.1 Å². The van der Waals surface area contributed by atoms with Gasteiger partial charge in [-0.2, -0.15) is 0 Å². The van der Waals surface area contributed by atoms with Gasteiger partial charge in [0.2, 0.25) is 0 Å². The summed E-state index contributed by atoms with van der Waals surface area (Å²) in [6, 6.07) is 17.2. The van der Waals surface area contributed by atoms with E-state index >= 15 is 0 Å². The Morgan fingerprint density at radius 1 is 1.03 bits per heavy atom. The van der Waals surface area contributed by atoms with Crippen molar-refractivity contribution < 1.29 is 19.1 Å². The van der Waals surface area contributed by atoms with E-state index in [4.69, 9.17) is 4.74 Å². The highest BCUT2D eigenvalue weighted by atomic mass is 16.5. The molecule has 2 aromatic rings. The zero-order valence-corrected chi connectivity index (χ0v) is 16.8. The summed E-state index contributed by atoms with van der Waals surface area (Å²) < 4.78 is 5.27. The number of ether oxygens (including phenoxy) is 1. The Morgan fingerprint density at radius 2 is 1.69 bits per heavy atom. The molecule has 0 bridgehead atoms. The Morgan fingerprint density at radius 3 is 2.34 bits per heavy atom. The average Bonchev–Trinajstić information content (AvgIpc) is 2.95. The second kappa shape index (κ2) is 8.90. The van der Waals surface area contributed by atoms with Crippen molar-refractivity contribution in [2.24, 2.45) is 0 Å². The van der Waals surface area contributed by atoms with Crippen LogP contribution >= 0.6 is 0 Å². The summed E-state index contributed by atoms with van der Waals surface area (Å²) in [7, 11) is 0. The highest BCUT2D eigenvalue weighted by Crippen LogP contribution is 2.23. The largest absolute Gasteiger partial charge is 0.459 e. The van der Waals surface area contributed by atoms with E-state index in [1.54, 1.807) is 6.92 Å². The van der Waals surface area contributed by atoms with Crippen molar-refractivity contribution in [3.05, 3.63) is 60.2 Å². The maximum absolute atomic E-state index is 12.6. The van der Waals surface area contributed by atoms with Crippen molar-refractivity contribution in [1.29, 1.82) is 0 Å². The molecule has 1 N–H and O–H groups in total. The Bertz CT molecular complexity index is 880. The zero-order chi connectivity index (χ0) is 20.9. The molecule has 1 aliphatic heterocycles. The number of hydrogen-bond donors (Lipinski definition) is 1. The Balaban J connectivity index is 1.53. The van der Waals surface area contributed by atoms with E-state index in [-0.39, 0.29) is 19.1 Å². The van der Waals surface area contributed by atoms with Gasteiger partial charge in [0.1, 0.15) is 18.7 Å². The molecule has 0 radical (unpaired) electrons. The van der Waals surface area contributed by atoms with Gasteiger partial charge in [-0.1, -0.05) is 74.4 Å². The van der Waals surface area contributed by atoms with Crippen LogP contribution in [0.1, 0.15) is 38.7 Å². The summed E-state index contributed by atoms with van der Waals surface area (Å²) in [6.07, 6.45) is 2.29. The number of carbonyl (C=O) groups excluding carboxylic acids is 3. The van der Waals surface area contributed by atoms with E-state index in [9.17, 15) is 14.4 Å². The zero-order valence-electron chi connectivity index (χ0n) is 16.8. The number of nitrogens with zero attached hydrogens (tertiary/aromatic N) is 1. The van der Waals surface area contributed by atoms with Crippen molar-refractivity contribution in [2.45, 2.75) is 45.3 Å². The number of urea groups is 1. The molecule has 1 fully saturated rings. The van der Waals surface area contributed by atoms with Crippen LogP contribution in [0, 0.1) is 0 Å². The van der Waals surface area contributed by atoms with Gasteiger partial charge < -0.3 is 10.1 Å². The van der Waals surface area contributed by atoms with Gasteiger partial charge in [-0.05, 0) is 30.0 Å². The smallest absolute Gasteiger partial charge is 0.326 e. The van der Waals surface area contributed by atoms with Gasteiger partial charge in [0.05, 0.1) is 0 Å². The minimum atomic E-state index is -0.944. The van der Waals surface area contributed by atoms with E-state index in [1.165, 1.54) is 0 Å². The fourth-order valence-electron chi connectivity index (χ4n) is 3.35. The van der Waals surface area contributed by atoms with Crippen LogP contribution in [0.5, 0.6) is 0 Å². The third-order valence-electron chi connectivity index (χ3n) is 5.12. The van der Waals surface area contributed by atoms with Gasteiger partial charge in [-0.15, -0.1) is 0 Å². The molecule has 0 saturated carbocycles. The predicted molar refractivity (Wildman–Crippen MR) is 110 cm³/mol. The maximum atomic E-state index is 12.6. The van der Waals surface area contributed by atoms with Crippen LogP contribution in [0.25, 0.3) is 11.1 Å². The third-order valence-corrected chi connectivity index (χ3v) is 5.12. The molecule has 29 heavy (non-hydrogen) atoms. The van der Waals surface area contributed by atoms with Crippen LogP contribution < -0.4 is 5.32 Å². The molecule has 1 heterocycles. The molecule has 2 aromatic carbocycles. The van der Waals surface area contributed by atoms with Crippen molar-refractivity contribution in [2.75, 3.05) is 6.54 Å². The van der Waals surface area contributed by atoms with Gasteiger partial charge in [0.15, 0.2) is 0 Å². The van der Waals surface area contributed by atoms with Gasteiger partial charge in [0.25, 0.3) is 5.91 Å². The molecule has 152 valence electrons. The molecule has 3 rings (SSSR count). The minimum Gasteiger partial charge on any atom is -0.459 e. The van der Waals surface area contributed by atoms with E-state index in [0.717, 1.165) is 34.4 Å². The Kier molecular flexibility index (Phi) is 6.32. The molecule has 0 spiro atoms. The number of nitrogens with one attached hydrogen (secondary N) is 1. The first-order valence-corrected chi connectivity index (χ1v) is 9.87. The van der Waals surface area contributed by atoms with Crippen LogP contribution in [0.4, 0.5) is 4.79 Å². The Labute approximate surface area is 170 Å². The first-order valence-electron chi connectivity index (χ1n) is 9.87. The molecule has 3 amide bonds. The van der Waals surface area contributed by atoms with E-state index in [1.807, 2.05) is 61.5 Å². The quantitative estimate of drug-likeness (QED) is 0.544. The lowest BCUT2D eigenvalue weighted by Gasteiger charge is -2.21. The number of amides is 3. The lowest BCUT2D eigenvalue weighted by molar-refractivity contribution is -0.148. The van der Waals surface area contributed by atoms with Crippen LogP contribution in [0.3, 0.4) is 0 Å². The lowest BCUT2D eigenvalue weighted by atomic mass is 9.95. The topological polar surface area (TPSA) is 75.7 Å². The minimum absolute atomic E-state index is 0.0880. The number of benzene rings is 2. The second-order valence-electron chi connectivity index (χ2n) is 7.48. The summed E-state index contributed by atoms with van der Waals surface area (Å²) >= 11 is 0. The normalized spacial score (nSPS) is 18.6. The second-order valence-corrected chi connectivity index (χ2v) is 7.48. The fourth-order valence-corrected chi connectivity index (χ4v) is 3.35. The number of hydrogen-bond acceptors (Lipinski definition) is 4. The molecule has 0 aliphatic carbocycles. The monoisotopic (exact) mass is 394 g/mol. The van der Waals surface area contributed by atoms with E-state index in [2.05, 4.69) is 5.32 Å². The van der Waals surface area contributed by atoms with Gasteiger partial charge in [-0.25, -0.2) is 4.79 Å². The molecule has 6 nitrogen and oxygen atoms in total. The van der Waals surface area contributed by atoms with Crippen LogP contribution in [-0.4, -0.2) is 34.9 Å². The summed E-state index contributed by atoms with van der Waals surface area (Å²) in [6.45, 7) is 3.42. The summed E-state index contributed by atoms with van der Waals surface area (Å²) in [5.41, 5.74) is 2.08. The average molecular weight is 394 g/mol. The van der Waals surface area contributed by atoms with Crippen molar-refractivity contribution in [3.63, 3.8) is 0 Å². The Hall–Kier alpha value is -3.15. The molecule has 1 atom stereocenters. The maximum Gasteiger partial charge on any atom is 0.326 e. The SMILES string of the molecule is CCCC[C@]1(C)NC(=O)N(CC(=O)OCc2ccc(-c3ccccc3)cc2)C1=O. The van der Waals surface area contributed by atoms with Gasteiger partial charge in [-0.3, -0.25) is 14.5 Å². The number of esters is 1. The highest BCUT2D eigenvalue weighted by Gasteiger charge is 2.47. The molecule has 0 aromatic heterocycles.